The smallest absolute Gasteiger partial charge is 0.135 e. The van der Waals surface area contributed by atoms with E-state index in [1.54, 1.807) is 0 Å². The number of anilines is 2. The molecule has 2 unspecified atom stereocenters. The van der Waals surface area contributed by atoms with Gasteiger partial charge in [-0.3, -0.25) is 0 Å². The van der Waals surface area contributed by atoms with E-state index in [0.29, 0.717) is 5.92 Å². The molecular formula is C15H26N4O. The summed E-state index contributed by atoms with van der Waals surface area (Å²) in [6.45, 7) is 9.29. The van der Waals surface area contributed by atoms with Crippen LogP contribution in [0.4, 0.5) is 11.6 Å². The summed E-state index contributed by atoms with van der Waals surface area (Å²) in [5.74, 6) is 2.98. The van der Waals surface area contributed by atoms with Crippen molar-refractivity contribution in [2.75, 3.05) is 24.3 Å². The molecule has 2 atom stereocenters. The van der Waals surface area contributed by atoms with Gasteiger partial charge in [0.15, 0.2) is 0 Å². The van der Waals surface area contributed by atoms with Gasteiger partial charge in [-0.25, -0.2) is 9.97 Å². The van der Waals surface area contributed by atoms with Crippen LogP contribution in [0.2, 0.25) is 0 Å². The summed E-state index contributed by atoms with van der Waals surface area (Å²) in [4.78, 5) is 9.24. The van der Waals surface area contributed by atoms with Crippen LogP contribution in [0.15, 0.2) is 0 Å². The van der Waals surface area contributed by atoms with Gasteiger partial charge in [-0.15, -0.1) is 0 Å². The van der Waals surface area contributed by atoms with Gasteiger partial charge in [0, 0.05) is 25.1 Å². The van der Waals surface area contributed by atoms with Crippen LogP contribution in [0, 0.1) is 6.92 Å². The standard InChI is InChI=1S/C15H26N4O/c1-9(2)13-18-14(16-5)10(3)15(19-13)17-11(4)12-7-6-8-20-12/h9,11-12H,6-8H2,1-5H3,(H2,16,17,18,19). The minimum atomic E-state index is 0.260. The highest BCUT2D eigenvalue weighted by atomic mass is 16.5. The molecule has 0 saturated carbocycles. The molecule has 1 saturated heterocycles. The molecule has 0 aliphatic carbocycles. The molecule has 1 aromatic heterocycles. The highest BCUT2D eigenvalue weighted by Gasteiger charge is 2.23. The quantitative estimate of drug-likeness (QED) is 0.867. The van der Waals surface area contributed by atoms with Gasteiger partial charge in [0.25, 0.3) is 0 Å². The number of rotatable bonds is 5. The maximum Gasteiger partial charge on any atom is 0.135 e. The molecule has 1 aliphatic rings. The zero-order chi connectivity index (χ0) is 14.7. The average molecular weight is 278 g/mol. The van der Waals surface area contributed by atoms with E-state index < -0.39 is 0 Å². The van der Waals surface area contributed by atoms with E-state index in [0.717, 1.165) is 42.5 Å². The third kappa shape index (κ3) is 3.20. The van der Waals surface area contributed by atoms with E-state index in [4.69, 9.17) is 4.74 Å². The molecule has 1 fully saturated rings. The fourth-order valence-electron chi connectivity index (χ4n) is 2.48. The number of hydrogen-bond donors (Lipinski definition) is 2. The molecular weight excluding hydrogens is 252 g/mol. The Bertz CT molecular complexity index is 455. The van der Waals surface area contributed by atoms with Gasteiger partial charge in [0.2, 0.25) is 0 Å². The minimum Gasteiger partial charge on any atom is -0.376 e. The molecule has 0 amide bonds. The van der Waals surface area contributed by atoms with Crippen LogP contribution < -0.4 is 10.6 Å². The molecule has 2 rings (SSSR count). The molecule has 5 nitrogen and oxygen atoms in total. The summed E-state index contributed by atoms with van der Waals surface area (Å²) in [7, 11) is 1.90. The molecule has 1 aliphatic heterocycles. The fraction of sp³-hybridized carbons (Fsp3) is 0.733. The van der Waals surface area contributed by atoms with Crippen molar-refractivity contribution in [3.63, 3.8) is 0 Å². The van der Waals surface area contributed by atoms with E-state index in [-0.39, 0.29) is 12.1 Å². The molecule has 0 spiro atoms. The van der Waals surface area contributed by atoms with Crippen molar-refractivity contribution in [3.05, 3.63) is 11.4 Å². The van der Waals surface area contributed by atoms with Crippen molar-refractivity contribution in [2.24, 2.45) is 0 Å². The van der Waals surface area contributed by atoms with Crippen molar-refractivity contribution in [2.45, 2.75) is 58.6 Å². The summed E-state index contributed by atoms with van der Waals surface area (Å²) < 4.78 is 5.74. The zero-order valence-electron chi connectivity index (χ0n) is 13.2. The number of aromatic nitrogens is 2. The Balaban J connectivity index is 2.22. The van der Waals surface area contributed by atoms with Crippen molar-refractivity contribution in [1.82, 2.24) is 9.97 Å². The third-order valence-corrected chi connectivity index (χ3v) is 3.80. The number of nitrogens with one attached hydrogen (secondary N) is 2. The Kier molecular flexibility index (Phi) is 4.81. The molecule has 2 heterocycles. The highest BCUT2D eigenvalue weighted by Crippen LogP contribution is 2.25. The second kappa shape index (κ2) is 6.39. The Labute approximate surface area is 121 Å². The summed E-state index contributed by atoms with van der Waals surface area (Å²) in [6.07, 6.45) is 2.55. The van der Waals surface area contributed by atoms with Crippen LogP contribution in [0.25, 0.3) is 0 Å². The predicted molar refractivity (Wildman–Crippen MR) is 82.5 cm³/mol. The van der Waals surface area contributed by atoms with E-state index in [9.17, 15) is 0 Å². The highest BCUT2D eigenvalue weighted by molar-refractivity contribution is 5.57. The van der Waals surface area contributed by atoms with Crippen molar-refractivity contribution < 1.29 is 4.74 Å². The summed E-state index contributed by atoms with van der Waals surface area (Å²) in [5, 5.41) is 6.66. The van der Waals surface area contributed by atoms with Crippen LogP contribution in [0.3, 0.4) is 0 Å². The van der Waals surface area contributed by atoms with Crippen molar-refractivity contribution in [3.8, 4) is 0 Å². The lowest BCUT2D eigenvalue weighted by molar-refractivity contribution is 0.0995. The monoisotopic (exact) mass is 278 g/mol. The summed E-state index contributed by atoms with van der Waals surface area (Å²) in [6, 6.07) is 0.260. The topological polar surface area (TPSA) is 59.1 Å². The van der Waals surface area contributed by atoms with Crippen molar-refractivity contribution in [1.29, 1.82) is 0 Å². The molecule has 20 heavy (non-hydrogen) atoms. The lowest BCUT2D eigenvalue weighted by Gasteiger charge is -2.23. The normalized spacial score (nSPS) is 20.2. The maximum absolute atomic E-state index is 5.74. The predicted octanol–water partition coefficient (Wildman–Crippen LogP) is 2.93. The van der Waals surface area contributed by atoms with E-state index in [1.807, 2.05) is 14.0 Å². The SMILES string of the molecule is CNc1nc(C(C)C)nc(NC(C)C2CCCO2)c1C. The minimum absolute atomic E-state index is 0.260. The van der Waals surface area contributed by atoms with Crippen LogP contribution in [-0.4, -0.2) is 35.8 Å². The lowest BCUT2D eigenvalue weighted by atomic mass is 10.1. The van der Waals surface area contributed by atoms with E-state index in [2.05, 4.69) is 41.4 Å². The van der Waals surface area contributed by atoms with Gasteiger partial charge in [0.05, 0.1) is 12.1 Å². The number of hydrogen-bond acceptors (Lipinski definition) is 5. The van der Waals surface area contributed by atoms with Gasteiger partial charge >= 0.3 is 0 Å². The van der Waals surface area contributed by atoms with Gasteiger partial charge in [-0.1, -0.05) is 13.8 Å². The summed E-state index contributed by atoms with van der Waals surface area (Å²) >= 11 is 0. The fourth-order valence-corrected chi connectivity index (χ4v) is 2.48. The molecule has 2 N–H and O–H groups in total. The number of nitrogens with zero attached hydrogens (tertiary/aromatic N) is 2. The van der Waals surface area contributed by atoms with Gasteiger partial charge in [-0.2, -0.15) is 0 Å². The average Bonchev–Trinajstić information content (AvgIpc) is 2.94. The van der Waals surface area contributed by atoms with Crippen LogP contribution in [0.1, 0.15) is 50.9 Å². The van der Waals surface area contributed by atoms with Crippen molar-refractivity contribution >= 4 is 11.6 Å². The summed E-state index contributed by atoms with van der Waals surface area (Å²) in [5.41, 5.74) is 1.06. The second-order valence-corrected chi connectivity index (χ2v) is 5.79. The first-order chi connectivity index (χ1) is 9.52. The van der Waals surface area contributed by atoms with Crippen LogP contribution in [-0.2, 0) is 4.74 Å². The first-order valence-corrected chi connectivity index (χ1v) is 7.47. The molecule has 112 valence electrons. The lowest BCUT2D eigenvalue weighted by Crippen LogP contribution is -2.31. The largest absolute Gasteiger partial charge is 0.376 e. The first kappa shape index (κ1) is 15.0. The second-order valence-electron chi connectivity index (χ2n) is 5.79. The zero-order valence-corrected chi connectivity index (χ0v) is 13.2. The van der Waals surface area contributed by atoms with E-state index >= 15 is 0 Å². The Morgan fingerprint density at radius 3 is 2.45 bits per heavy atom. The van der Waals surface area contributed by atoms with Gasteiger partial charge in [0.1, 0.15) is 17.5 Å². The molecule has 1 aromatic rings. The molecule has 0 bridgehead atoms. The van der Waals surface area contributed by atoms with E-state index in [1.165, 1.54) is 0 Å². The van der Waals surface area contributed by atoms with Crippen LogP contribution in [0.5, 0.6) is 0 Å². The van der Waals surface area contributed by atoms with Gasteiger partial charge < -0.3 is 15.4 Å². The first-order valence-electron chi connectivity index (χ1n) is 7.47. The molecule has 5 heteroatoms. The Hall–Kier alpha value is -1.36. The number of ether oxygens (including phenoxy) is 1. The maximum atomic E-state index is 5.74. The Morgan fingerprint density at radius 1 is 1.20 bits per heavy atom. The van der Waals surface area contributed by atoms with Crippen LogP contribution >= 0.6 is 0 Å². The van der Waals surface area contributed by atoms with Gasteiger partial charge in [-0.05, 0) is 26.7 Å². The third-order valence-electron chi connectivity index (χ3n) is 3.80. The molecule has 0 radical (unpaired) electrons. The Morgan fingerprint density at radius 2 is 1.90 bits per heavy atom. The molecule has 0 aromatic carbocycles.